The van der Waals surface area contributed by atoms with Crippen LogP contribution < -0.4 is 0 Å². The van der Waals surface area contributed by atoms with Gasteiger partial charge in [0.2, 0.25) is 5.91 Å². The van der Waals surface area contributed by atoms with Crippen molar-refractivity contribution in [3.63, 3.8) is 0 Å². The molecule has 1 atom stereocenters. The summed E-state index contributed by atoms with van der Waals surface area (Å²) in [7, 11) is 0. The van der Waals surface area contributed by atoms with Crippen LogP contribution in [0.2, 0.25) is 0 Å². The third-order valence-electron chi connectivity index (χ3n) is 3.84. The van der Waals surface area contributed by atoms with Crippen LogP contribution in [0, 0.1) is 5.92 Å². The second-order valence-electron chi connectivity index (χ2n) is 5.11. The van der Waals surface area contributed by atoms with Crippen molar-refractivity contribution in [1.29, 1.82) is 0 Å². The summed E-state index contributed by atoms with van der Waals surface area (Å²) in [5.74, 6) is -0.525. The highest BCUT2D eigenvalue weighted by atomic mass is 16.5. The van der Waals surface area contributed by atoms with Crippen molar-refractivity contribution in [3.8, 4) is 0 Å². The van der Waals surface area contributed by atoms with E-state index in [1.807, 2.05) is 0 Å². The number of ether oxygens (including phenoxy) is 2. The van der Waals surface area contributed by atoms with E-state index in [1.165, 1.54) is 4.90 Å². The SMILES string of the molecule is O=C(O)[C@H]1COCCN1C(=O)CCC1CCOCC1. The minimum absolute atomic E-state index is 0.0674. The highest BCUT2D eigenvalue weighted by Gasteiger charge is 2.32. The molecule has 0 spiro atoms. The predicted molar refractivity (Wildman–Crippen MR) is 66.7 cm³/mol. The fourth-order valence-electron chi connectivity index (χ4n) is 2.61. The highest BCUT2D eigenvalue weighted by Crippen LogP contribution is 2.21. The standard InChI is InChI=1S/C13H21NO5/c15-12(2-1-10-3-6-18-7-4-10)14-5-8-19-9-11(14)13(16)17/h10-11H,1-9H2,(H,16,17)/t11-/m1/s1. The van der Waals surface area contributed by atoms with Crippen molar-refractivity contribution in [2.75, 3.05) is 33.0 Å². The molecule has 0 radical (unpaired) electrons. The molecule has 6 heteroatoms. The van der Waals surface area contributed by atoms with Gasteiger partial charge in [0.25, 0.3) is 0 Å². The van der Waals surface area contributed by atoms with Gasteiger partial charge >= 0.3 is 5.97 Å². The third kappa shape index (κ3) is 3.91. The monoisotopic (exact) mass is 271 g/mol. The number of carbonyl (C=O) groups excluding carboxylic acids is 1. The fourth-order valence-corrected chi connectivity index (χ4v) is 2.61. The molecule has 2 aliphatic rings. The van der Waals surface area contributed by atoms with Gasteiger partial charge < -0.3 is 19.5 Å². The minimum Gasteiger partial charge on any atom is -0.480 e. The molecule has 2 saturated heterocycles. The van der Waals surface area contributed by atoms with Crippen LogP contribution in [-0.4, -0.2) is 60.9 Å². The normalized spacial score (nSPS) is 25.3. The number of carboxylic acids is 1. The molecule has 1 amide bonds. The number of carboxylic acid groups (broad SMARTS) is 1. The van der Waals surface area contributed by atoms with Gasteiger partial charge in [-0.25, -0.2) is 4.79 Å². The molecule has 108 valence electrons. The van der Waals surface area contributed by atoms with Crippen LogP contribution in [0.3, 0.4) is 0 Å². The van der Waals surface area contributed by atoms with Crippen molar-refractivity contribution < 1.29 is 24.2 Å². The molecule has 0 aliphatic carbocycles. The van der Waals surface area contributed by atoms with E-state index in [1.54, 1.807) is 0 Å². The molecule has 2 rings (SSSR count). The first-order valence-corrected chi connectivity index (χ1v) is 6.86. The number of hydrogen-bond donors (Lipinski definition) is 1. The van der Waals surface area contributed by atoms with Crippen LogP contribution >= 0.6 is 0 Å². The molecule has 0 saturated carbocycles. The molecule has 2 aliphatic heterocycles. The number of rotatable bonds is 4. The third-order valence-corrected chi connectivity index (χ3v) is 3.84. The molecule has 0 unspecified atom stereocenters. The van der Waals surface area contributed by atoms with Crippen LogP contribution in [-0.2, 0) is 19.1 Å². The average Bonchev–Trinajstić information content (AvgIpc) is 2.46. The Bertz CT molecular complexity index is 327. The molecule has 6 nitrogen and oxygen atoms in total. The van der Waals surface area contributed by atoms with E-state index in [-0.39, 0.29) is 12.5 Å². The Kier molecular flexibility index (Phi) is 5.15. The summed E-state index contributed by atoms with van der Waals surface area (Å²) in [4.78, 5) is 24.7. The minimum atomic E-state index is -0.987. The van der Waals surface area contributed by atoms with Crippen molar-refractivity contribution in [1.82, 2.24) is 4.90 Å². The van der Waals surface area contributed by atoms with E-state index in [9.17, 15) is 9.59 Å². The number of aliphatic carboxylic acids is 1. The maximum atomic E-state index is 12.1. The zero-order chi connectivity index (χ0) is 13.7. The van der Waals surface area contributed by atoms with E-state index < -0.39 is 12.0 Å². The van der Waals surface area contributed by atoms with Crippen molar-refractivity contribution in [2.45, 2.75) is 31.7 Å². The van der Waals surface area contributed by atoms with Crippen molar-refractivity contribution in [2.24, 2.45) is 5.92 Å². The fraction of sp³-hybridized carbons (Fsp3) is 0.846. The summed E-state index contributed by atoms with van der Waals surface area (Å²) in [6.07, 6.45) is 3.25. The Morgan fingerprint density at radius 2 is 1.89 bits per heavy atom. The second kappa shape index (κ2) is 6.86. The molecule has 2 fully saturated rings. The highest BCUT2D eigenvalue weighted by molar-refractivity contribution is 5.84. The molecule has 19 heavy (non-hydrogen) atoms. The number of nitrogens with zero attached hydrogens (tertiary/aromatic N) is 1. The molecule has 0 aromatic rings. The zero-order valence-electron chi connectivity index (χ0n) is 11.0. The summed E-state index contributed by atoms with van der Waals surface area (Å²) in [5.41, 5.74) is 0. The Morgan fingerprint density at radius 1 is 1.16 bits per heavy atom. The average molecular weight is 271 g/mol. The van der Waals surface area contributed by atoms with E-state index in [2.05, 4.69) is 0 Å². The van der Waals surface area contributed by atoms with Crippen LogP contribution in [0.5, 0.6) is 0 Å². The van der Waals surface area contributed by atoms with Gasteiger partial charge in [-0.15, -0.1) is 0 Å². The van der Waals surface area contributed by atoms with E-state index in [4.69, 9.17) is 14.6 Å². The van der Waals surface area contributed by atoms with E-state index in [0.717, 1.165) is 32.5 Å². The summed E-state index contributed by atoms with van der Waals surface area (Å²) in [6, 6.07) is -0.823. The van der Waals surface area contributed by atoms with Crippen LogP contribution in [0.15, 0.2) is 0 Å². The van der Waals surface area contributed by atoms with E-state index >= 15 is 0 Å². The molecule has 0 aromatic carbocycles. The quantitative estimate of drug-likeness (QED) is 0.806. The first kappa shape index (κ1) is 14.3. The lowest BCUT2D eigenvalue weighted by Crippen LogP contribution is -2.52. The summed E-state index contributed by atoms with van der Waals surface area (Å²) < 4.78 is 10.4. The number of amides is 1. The lowest BCUT2D eigenvalue weighted by atomic mass is 9.94. The maximum Gasteiger partial charge on any atom is 0.328 e. The topological polar surface area (TPSA) is 76.1 Å². The van der Waals surface area contributed by atoms with Gasteiger partial charge in [0.15, 0.2) is 6.04 Å². The maximum absolute atomic E-state index is 12.1. The first-order chi connectivity index (χ1) is 9.18. The smallest absolute Gasteiger partial charge is 0.328 e. The molecule has 0 bridgehead atoms. The molecule has 0 aromatic heterocycles. The largest absolute Gasteiger partial charge is 0.480 e. The Labute approximate surface area is 112 Å². The van der Waals surface area contributed by atoms with Crippen LogP contribution in [0.1, 0.15) is 25.7 Å². The van der Waals surface area contributed by atoms with Gasteiger partial charge in [-0.3, -0.25) is 4.79 Å². The van der Waals surface area contributed by atoms with Crippen LogP contribution in [0.25, 0.3) is 0 Å². The first-order valence-electron chi connectivity index (χ1n) is 6.86. The Hall–Kier alpha value is -1.14. The van der Waals surface area contributed by atoms with Gasteiger partial charge in [0, 0.05) is 26.2 Å². The van der Waals surface area contributed by atoms with Gasteiger partial charge in [-0.05, 0) is 25.2 Å². The Morgan fingerprint density at radius 3 is 2.58 bits per heavy atom. The molecular weight excluding hydrogens is 250 g/mol. The summed E-state index contributed by atoms with van der Waals surface area (Å²) in [6.45, 7) is 2.44. The molecule has 2 heterocycles. The molecule has 1 N–H and O–H groups in total. The lowest BCUT2D eigenvalue weighted by molar-refractivity contribution is -0.158. The molecular formula is C13H21NO5. The zero-order valence-corrected chi connectivity index (χ0v) is 11.0. The number of morpholine rings is 1. The second-order valence-corrected chi connectivity index (χ2v) is 5.11. The number of hydrogen-bond acceptors (Lipinski definition) is 4. The van der Waals surface area contributed by atoms with Gasteiger partial charge in [-0.1, -0.05) is 0 Å². The Balaban J connectivity index is 1.81. The van der Waals surface area contributed by atoms with Gasteiger partial charge in [-0.2, -0.15) is 0 Å². The predicted octanol–water partition coefficient (Wildman–Crippen LogP) is 0.505. The van der Waals surface area contributed by atoms with E-state index in [0.29, 0.717) is 25.5 Å². The summed E-state index contributed by atoms with van der Waals surface area (Å²) >= 11 is 0. The summed E-state index contributed by atoms with van der Waals surface area (Å²) in [5, 5.41) is 9.08. The van der Waals surface area contributed by atoms with Gasteiger partial charge in [0.05, 0.1) is 13.2 Å². The number of carbonyl (C=O) groups is 2. The lowest BCUT2D eigenvalue weighted by Gasteiger charge is -2.33. The van der Waals surface area contributed by atoms with Crippen molar-refractivity contribution in [3.05, 3.63) is 0 Å². The van der Waals surface area contributed by atoms with Crippen molar-refractivity contribution >= 4 is 11.9 Å². The van der Waals surface area contributed by atoms with Gasteiger partial charge in [0.1, 0.15) is 0 Å². The van der Waals surface area contributed by atoms with Crippen LogP contribution in [0.4, 0.5) is 0 Å².